The molecule has 1 aliphatic heterocycles. The van der Waals surface area contributed by atoms with E-state index in [4.69, 9.17) is 0 Å². The molecule has 1 aliphatic carbocycles. The number of H-pyrrole nitrogens is 1. The third kappa shape index (κ3) is 2.80. The third-order valence-electron chi connectivity index (χ3n) is 4.52. The highest BCUT2D eigenvalue weighted by atomic mass is 16.2. The maximum Gasteiger partial charge on any atom is 0.252 e. The Labute approximate surface area is 124 Å². The van der Waals surface area contributed by atoms with Crippen LogP contribution in [-0.2, 0) is 4.79 Å². The molecule has 6 nitrogen and oxygen atoms in total. The average molecular weight is 290 g/mol. The lowest BCUT2D eigenvalue weighted by molar-refractivity contribution is -0.131. The Morgan fingerprint density at radius 2 is 2.19 bits per heavy atom. The van der Waals surface area contributed by atoms with Gasteiger partial charge in [0.1, 0.15) is 0 Å². The fraction of sp³-hybridized carbons (Fsp3) is 0.667. The molecular formula is C15H22N4O2. The van der Waals surface area contributed by atoms with Crippen molar-refractivity contribution in [2.75, 3.05) is 32.1 Å². The number of aromatic nitrogens is 2. The van der Waals surface area contributed by atoms with Gasteiger partial charge in [0.2, 0.25) is 11.9 Å². The quantitative estimate of drug-likeness (QED) is 0.894. The fourth-order valence-corrected chi connectivity index (χ4v) is 2.99. The Morgan fingerprint density at radius 1 is 1.48 bits per heavy atom. The summed E-state index contributed by atoms with van der Waals surface area (Å²) in [6, 6.07) is 1.56. The molecule has 3 atom stereocenters. The van der Waals surface area contributed by atoms with Crippen LogP contribution in [0.4, 0.5) is 5.95 Å². The summed E-state index contributed by atoms with van der Waals surface area (Å²) in [6.07, 6.45) is 1.91. The molecule has 2 aliphatic rings. The van der Waals surface area contributed by atoms with Crippen molar-refractivity contribution in [2.45, 2.75) is 25.7 Å². The topological polar surface area (TPSA) is 69.3 Å². The number of hydrogen-bond donors (Lipinski definition) is 1. The van der Waals surface area contributed by atoms with Gasteiger partial charge in [-0.2, -0.15) is 0 Å². The predicted octanol–water partition coefficient (Wildman–Crippen LogP) is 0.808. The standard InChI is InChI=1S/C15H22N4O2/c1-9-6-11(9)14(21)19-5-4-10(8-19)12-7-13(20)17-15(16-12)18(2)3/h7,9-11H,4-6,8H2,1-3H3,(H,16,17,20). The second-order valence-electron chi connectivity index (χ2n) is 6.48. The van der Waals surface area contributed by atoms with Crippen molar-refractivity contribution < 1.29 is 4.79 Å². The van der Waals surface area contributed by atoms with Gasteiger partial charge in [-0.15, -0.1) is 0 Å². The van der Waals surface area contributed by atoms with Crippen LogP contribution < -0.4 is 10.5 Å². The van der Waals surface area contributed by atoms with E-state index in [1.165, 1.54) is 0 Å². The van der Waals surface area contributed by atoms with Crippen molar-refractivity contribution in [3.05, 3.63) is 22.1 Å². The third-order valence-corrected chi connectivity index (χ3v) is 4.52. The number of anilines is 1. The van der Waals surface area contributed by atoms with Crippen molar-refractivity contribution in [2.24, 2.45) is 11.8 Å². The summed E-state index contributed by atoms with van der Waals surface area (Å²) >= 11 is 0. The van der Waals surface area contributed by atoms with Crippen LogP contribution in [0.3, 0.4) is 0 Å². The first kappa shape index (κ1) is 14.1. The number of nitrogens with one attached hydrogen (secondary N) is 1. The number of nitrogens with zero attached hydrogens (tertiary/aromatic N) is 3. The molecule has 2 heterocycles. The lowest BCUT2D eigenvalue weighted by Gasteiger charge is -2.17. The normalized spacial score (nSPS) is 27.8. The molecule has 1 saturated heterocycles. The van der Waals surface area contributed by atoms with E-state index < -0.39 is 0 Å². The Hall–Kier alpha value is -1.85. The van der Waals surface area contributed by atoms with E-state index in [0.29, 0.717) is 18.4 Å². The zero-order valence-electron chi connectivity index (χ0n) is 12.8. The fourth-order valence-electron chi connectivity index (χ4n) is 2.99. The van der Waals surface area contributed by atoms with Crippen LogP contribution in [0.15, 0.2) is 10.9 Å². The lowest BCUT2D eigenvalue weighted by atomic mass is 10.1. The van der Waals surface area contributed by atoms with Crippen LogP contribution >= 0.6 is 0 Å². The summed E-state index contributed by atoms with van der Waals surface area (Å²) in [5.74, 6) is 1.78. The van der Waals surface area contributed by atoms with Gasteiger partial charge in [0, 0.05) is 45.1 Å². The van der Waals surface area contributed by atoms with Gasteiger partial charge in [-0.25, -0.2) is 4.98 Å². The highest BCUT2D eigenvalue weighted by Gasteiger charge is 2.43. The highest BCUT2D eigenvalue weighted by molar-refractivity contribution is 5.82. The summed E-state index contributed by atoms with van der Waals surface area (Å²) in [7, 11) is 3.70. The van der Waals surface area contributed by atoms with E-state index in [2.05, 4.69) is 16.9 Å². The zero-order chi connectivity index (χ0) is 15.1. The number of carbonyl (C=O) groups excluding carboxylic acids is 1. The molecule has 1 aromatic heterocycles. The molecular weight excluding hydrogens is 268 g/mol. The molecule has 0 radical (unpaired) electrons. The SMILES string of the molecule is CC1CC1C(=O)N1CCC(c2cc(=O)[nH]c(N(C)C)n2)C1. The number of aromatic amines is 1. The Balaban J connectivity index is 1.74. The van der Waals surface area contributed by atoms with Gasteiger partial charge in [-0.1, -0.05) is 6.92 Å². The second-order valence-corrected chi connectivity index (χ2v) is 6.48. The van der Waals surface area contributed by atoms with Gasteiger partial charge >= 0.3 is 0 Å². The molecule has 0 spiro atoms. The van der Waals surface area contributed by atoms with Crippen molar-refractivity contribution in [1.29, 1.82) is 0 Å². The number of hydrogen-bond acceptors (Lipinski definition) is 4. The number of amides is 1. The van der Waals surface area contributed by atoms with Gasteiger partial charge in [-0.3, -0.25) is 14.6 Å². The van der Waals surface area contributed by atoms with E-state index in [-0.39, 0.29) is 23.3 Å². The monoisotopic (exact) mass is 290 g/mol. The average Bonchev–Trinajstić information content (AvgIpc) is 2.98. The molecule has 1 amide bonds. The van der Waals surface area contributed by atoms with Crippen molar-refractivity contribution in [3.63, 3.8) is 0 Å². The van der Waals surface area contributed by atoms with Crippen LogP contribution in [-0.4, -0.2) is 48.0 Å². The first-order valence-electron chi connectivity index (χ1n) is 7.53. The van der Waals surface area contributed by atoms with Crippen LogP contribution in [0.2, 0.25) is 0 Å². The van der Waals surface area contributed by atoms with Crippen LogP contribution in [0.1, 0.15) is 31.4 Å². The summed E-state index contributed by atoms with van der Waals surface area (Å²) in [6.45, 7) is 3.58. The first-order chi connectivity index (χ1) is 9.95. The van der Waals surface area contributed by atoms with E-state index in [0.717, 1.165) is 25.1 Å². The minimum Gasteiger partial charge on any atom is -0.348 e. The number of likely N-dealkylation sites (tertiary alicyclic amines) is 1. The Morgan fingerprint density at radius 3 is 2.81 bits per heavy atom. The molecule has 1 saturated carbocycles. The van der Waals surface area contributed by atoms with E-state index in [1.54, 1.807) is 11.0 Å². The van der Waals surface area contributed by atoms with E-state index >= 15 is 0 Å². The molecule has 0 bridgehead atoms. The Kier molecular flexibility index (Phi) is 3.47. The summed E-state index contributed by atoms with van der Waals surface area (Å²) in [4.78, 5) is 35.0. The van der Waals surface area contributed by atoms with Gasteiger partial charge in [0.15, 0.2) is 0 Å². The summed E-state index contributed by atoms with van der Waals surface area (Å²) in [5.41, 5.74) is 0.658. The minimum absolute atomic E-state index is 0.135. The predicted molar refractivity (Wildman–Crippen MR) is 80.4 cm³/mol. The van der Waals surface area contributed by atoms with Crippen molar-refractivity contribution in [1.82, 2.24) is 14.9 Å². The van der Waals surface area contributed by atoms with Gasteiger partial charge < -0.3 is 9.80 Å². The maximum absolute atomic E-state index is 12.3. The van der Waals surface area contributed by atoms with Crippen molar-refractivity contribution in [3.8, 4) is 0 Å². The first-order valence-corrected chi connectivity index (χ1v) is 7.53. The second kappa shape index (κ2) is 5.16. The van der Waals surface area contributed by atoms with Crippen LogP contribution in [0.5, 0.6) is 0 Å². The zero-order valence-corrected chi connectivity index (χ0v) is 12.8. The van der Waals surface area contributed by atoms with Gasteiger partial charge in [0.05, 0.1) is 5.69 Å². The maximum atomic E-state index is 12.3. The van der Waals surface area contributed by atoms with E-state index in [9.17, 15) is 9.59 Å². The van der Waals surface area contributed by atoms with Gasteiger partial charge in [-0.05, 0) is 18.8 Å². The summed E-state index contributed by atoms with van der Waals surface area (Å²) in [5, 5.41) is 0. The van der Waals surface area contributed by atoms with Gasteiger partial charge in [0.25, 0.3) is 5.56 Å². The largest absolute Gasteiger partial charge is 0.348 e. The molecule has 6 heteroatoms. The molecule has 2 fully saturated rings. The molecule has 3 unspecified atom stereocenters. The van der Waals surface area contributed by atoms with Crippen molar-refractivity contribution >= 4 is 11.9 Å². The Bertz CT molecular complexity index is 610. The molecule has 0 aromatic carbocycles. The molecule has 1 N–H and O–H groups in total. The number of rotatable bonds is 3. The summed E-state index contributed by atoms with van der Waals surface area (Å²) < 4.78 is 0. The highest BCUT2D eigenvalue weighted by Crippen LogP contribution is 2.40. The molecule has 1 aromatic rings. The minimum atomic E-state index is -0.135. The smallest absolute Gasteiger partial charge is 0.252 e. The van der Waals surface area contributed by atoms with Crippen LogP contribution in [0, 0.1) is 11.8 Å². The molecule has 114 valence electrons. The van der Waals surface area contributed by atoms with E-state index in [1.807, 2.05) is 19.0 Å². The lowest BCUT2D eigenvalue weighted by Crippen LogP contribution is -2.30. The molecule has 3 rings (SSSR count). The van der Waals surface area contributed by atoms with Crippen LogP contribution in [0.25, 0.3) is 0 Å². The number of carbonyl (C=O) groups is 1. The molecule has 21 heavy (non-hydrogen) atoms.